The van der Waals surface area contributed by atoms with Crippen molar-refractivity contribution in [2.75, 3.05) is 10.7 Å². The molecule has 0 fully saturated rings. The normalized spacial score (nSPS) is 20.4. The number of carbonyl (C=O) groups is 1. The van der Waals surface area contributed by atoms with E-state index >= 15 is 0 Å². The molecule has 1 aliphatic heterocycles. The van der Waals surface area contributed by atoms with Gasteiger partial charge in [-0.1, -0.05) is 26.8 Å². The second-order valence-electron chi connectivity index (χ2n) is 8.65. The van der Waals surface area contributed by atoms with Crippen molar-refractivity contribution in [3.63, 3.8) is 0 Å². The fraction of sp³-hybridized carbons (Fsp3) is 0.333. The zero-order valence-corrected chi connectivity index (χ0v) is 19.7. The van der Waals surface area contributed by atoms with Crippen LogP contribution in [0.25, 0.3) is 0 Å². The zero-order chi connectivity index (χ0) is 23.2. The number of thiophene rings is 1. The molecule has 4 rings (SSSR count). The third-order valence-electron chi connectivity index (χ3n) is 5.79. The summed E-state index contributed by atoms with van der Waals surface area (Å²) >= 11 is 3.18. The van der Waals surface area contributed by atoms with Gasteiger partial charge < -0.3 is 5.73 Å². The number of para-hydroxylation sites is 1. The highest BCUT2D eigenvalue weighted by molar-refractivity contribution is 8.01. The van der Waals surface area contributed by atoms with Gasteiger partial charge in [0.05, 0.1) is 21.8 Å². The maximum atomic E-state index is 14.9. The van der Waals surface area contributed by atoms with Crippen molar-refractivity contribution in [3.05, 3.63) is 69.5 Å². The van der Waals surface area contributed by atoms with Gasteiger partial charge in [0.25, 0.3) is 0 Å². The first-order valence-corrected chi connectivity index (χ1v) is 12.2. The molecule has 32 heavy (non-hydrogen) atoms. The molecule has 8 heteroatoms. The number of ketones is 1. The van der Waals surface area contributed by atoms with Gasteiger partial charge in [0, 0.05) is 17.7 Å². The van der Waals surface area contributed by atoms with Crippen LogP contribution in [0.2, 0.25) is 0 Å². The Morgan fingerprint density at radius 2 is 1.97 bits per heavy atom. The first-order chi connectivity index (χ1) is 15.2. The minimum Gasteiger partial charge on any atom is -0.384 e. The van der Waals surface area contributed by atoms with Crippen molar-refractivity contribution in [3.8, 4) is 6.07 Å². The van der Waals surface area contributed by atoms with E-state index in [0.29, 0.717) is 17.7 Å². The smallest absolute Gasteiger partial charge is 0.162 e. The van der Waals surface area contributed by atoms with Crippen LogP contribution in [0.3, 0.4) is 0 Å². The third-order valence-corrected chi connectivity index (χ3v) is 7.94. The van der Waals surface area contributed by atoms with Gasteiger partial charge in [-0.25, -0.2) is 8.78 Å². The molecule has 0 amide bonds. The number of nitrogens with two attached hydrogens (primary N) is 1. The van der Waals surface area contributed by atoms with Gasteiger partial charge in [-0.15, -0.1) is 23.1 Å². The number of allylic oxidation sites excluding steroid dienone is 3. The molecule has 1 aliphatic carbocycles. The Morgan fingerprint density at radius 3 is 2.59 bits per heavy atom. The molecular weight excluding hydrogens is 448 g/mol. The van der Waals surface area contributed by atoms with Crippen molar-refractivity contribution >= 4 is 34.6 Å². The van der Waals surface area contributed by atoms with Crippen LogP contribution in [0.4, 0.5) is 14.5 Å². The molecule has 0 spiro atoms. The summed E-state index contributed by atoms with van der Waals surface area (Å²) in [4.78, 5) is 14.7. The minimum atomic E-state index is -0.802. The van der Waals surface area contributed by atoms with Gasteiger partial charge in [-0.05, 0) is 46.7 Å². The number of hydrogen-bond donors (Lipinski definition) is 1. The van der Waals surface area contributed by atoms with Crippen LogP contribution in [0.5, 0.6) is 0 Å². The molecule has 166 valence electrons. The highest BCUT2D eigenvalue weighted by Crippen LogP contribution is 2.52. The summed E-state index contributed by atoms with van der Waals surface area (Å²) < 4.78 is 30.7. The van der Waals surface area contributed by atoms with E-state index in [1.54, 1.807) is 23.1 Å². The molecule has 0 radical (unpaired) electrons. The van der Waals surface area contributed by atoms with Crippen molar-refractivity contribution in [2.24, 2.45) is 11.1 Å². The Kier molecular flexibility index (Phi) is 5.91. The molecule has 4 nitrogen and oxygen atoms in total. The lowest BCUT2D eigenvalue weighted by Crippen LogP contribution is -2.42. The van der Waals surface area contributed by atoms with Crippen LogP contribution < -0.4 is 10.6 Å². The number of rotatable bonds is 4. The fourth-order valence-corrected chi connectivity index (χ4v) is 6.61. The lowest BCUT2D eigenvalue weighted by atomic mass is 9.69. The van der Waals surface area contributed by atoms with Crippen molar-refractivity contribution < 1.29 is 13.6 Å². The van der Waals surface area contributed by atoms with Gasteiger partial charge in [-0.2, -0.15) is 5.26 Å². The van der Waals surface area contributed by atoms with Crippen LogP contribution in [0, 0.1) is 28.4 Å². The fourth-order valence-electron chi connectivity index (χ4n) is 4.55. The summed E-state index contributed by atoms with van der Waals surface area (Å²) in [5.74, 6) is -1.58. The van der Waals surface area contributed by atoms with Crippen molar-refractivity contribution in [2.45, 2.75) is 43.7 Å². The number of thioether (sulfide) groups is 1. The first-order valence-electron chi connectivity index (χ1n) is 10.3. The van der Waals surface area contributed by atoms with Crippen LogP contribution in [-0.2, 0) is 4.79 Å². The Bertz CT molecular complexity index is 1190. The summed E-state index contributed by atoms with van der Waals surface area (Å²) in [7, 11) is 0. The summed E-state index contributed by atoms with van der Waals surface area (Å²) in [5.41, 5.74) is 7.55. The Balaban J connectivity index is 2.04. The van der Waals surface area contributed by atoms with E-state index in [1.165, 1.54) is 11.0 Å². The largest absolute Gasteiger partial charge is 0.384 e. The van der Waals surface area contributed by atoms with E-state index in [0.717, 1.165) is 27.7 Å². The number of nitrogens with zero attached hydrogens (tertiary/aromatic N) is 2. The van der Waals surface area contributed by atoms with Crippen LogP contribution >= 0.6 is 23.1 Å². The number of benzene rings is 1. The monoisotopic (exact) mass is 471 g/mol. The number of nitriles is 1. The van der Waals surface area contributed by atoms with E-state index < -0.39 is 23.0 Å². The van der Waals surface area contributed by atoms with Crippen LogP contribution in [0.1, 0.15) is 45.1 Å². The predicted octanol–water partition coefficient (Wildman–Crippen LogP) is 6.08. The maximum absolute atomic E-state index is 14.9. The molecule has 1 aromatic carbocycles. The predicted molar refractivity (Wildman–Crippen MR) is 124 cm³/mol. The van der Waals surface area contributed by atoms with Gasteiger partial charge in [0.15, 0.2) is 5.78 Å². The zero-order valence-electron chi connectivity index (χ0n) is 18.0. The average molecular weight is 472 g/mol. The van der Waals surface area contributed by atoms with E-state index in [2.05, 4.69) is 6.07 Å². The molecule has 1 aromatic heterocycles. The van der Waals surface area contributed by atoms with Gasteiger partial charge in [0.2, 0.25) is 0 Å². The number of Topliss-reactive ketones (excluding diaryl/α,β-unsaturated/α-hetero) is 1. The van der Waals surface area contributed by atoms with Crippen molar-refractivity contribution in [1.29, 1.82) is 5.26 Å². The summed E-state index contributed by atoms with van der Waals surface area (Å²) in [6.07, 6.45) is 0.688. The SMILES string of the molecule is CCSc1sccc1C1C(C#N)=C(N)N(c2c(F)cccc2F)C2=C1C(=O)CC(C)(C)C2. The maximum Gasteiger partial charge on any atom is 0.162 e. The average Bonchev–Trinajstić information content (AvgIpc) is 3.16. The third kappa shape index (κ3) is 3.63. The Hall–Kier alpha value is -2.63. The highest BCUT2D eigenvalue weighted by atomic mass is 32.2. The van der Waals surface area contributed by atoms with Gasteiger partial charge in [-0.3, -0.25) is 9.69 Å². The topological polar surface area (TPSA) is 70.1 Å². The van der Waals surface area contributed by atoms with E-state index in [9.17, 15) is 18.8 Å². The highest BCUT2D eigenvalue weighted by Gasteiger charge is 2.46. The molecule has 2 aromatic rings. The summed E-state index contributed by atoms with van der Waals surface area (Å²) in [6.45, 7) is 5.93. The molecule has 0 bridgehead atoms. The molecular formula is C24H23F2N3OS2. The second kappa shape index (κ2) is 8.38. The lowest BCUT2D eigenvalue weighted by Gasteiger charge is -2.43. The number of carbonyl (C=O) groups excluding carboxylic acids is 1. The molecule has 1 atom stereocenters. The summed E-state index contributed by atoms with van der Waals surface area (Å²) in [6, 6.07) is 7.63. The molecule has 0 saturated carbocycles. The molecule has 2 heterocycles. The quantitative estimate of drug-likeness (QED) is 0.547. The van der Waals surface area contributed by atoms with Gasteiger partial charge in [0.1, 0.15) is 23.1 Å². The van der Waals surface area contributed by atoms with Crippen LogP contribution in [-0.4, -0.2) is 11.5 Å². The number of halogens is 2. The molecule has 2 aliphatic rings. The number of hydrogen-bond acceptors (Lipinski definition) is 6. The van der Waals surface area contributed by atoms with Crippen LogP contribution in [0.15, 0.2) is 56.5 Å². The summed E-state index contributed by atoms with van der Waals surface area (Å²) in [5, 5.41) is 12.0. The lowest BCUT2D eigenvalue weighted by molar-refractivity contribution is -0.118. The molecule has 1 unspecified atom stereocenters. The molecule has 2 N–H and O–H groups in total. The van der Waals surface area contributed by atoms with E-state index in [-0.39, 0.29) is 29.3 Å². The minimum absolute atomic E-state index is 0.0376. The van der Waals surface area contributed by atoms with E-state index in [4.69, 9.17) is 5.73 Å². The van der Waals surface area contributed by atoms with E-state index in [1.807, 2.05) is 32.2 Å². The van der Waals surface area contributed by atoms with Crippen molar-refractivity contribution in [1.82, 2.24) is 0 Å². The molecule has 0 saturated heterocycles. The number of anilines is 1. The Morgan fingerprint density at radius 1 is 1.28 bits per heavy atom. The first kappa shape index (κ1) is 22.6. The Labute approximate surface area is 194 Å². The second-order valence-corrected chi connectivity index (χ2v) is 11.1. The van der Waals surface area contributed by atoms with Gasteiger partial charge >= 0.3 is 0 Å². The standard InChI is InChI=1S/C24H23F2N3OS2/c1-4-31-23-13(8-9-32-23)19-14(12-27)22(28)29(21-15(25)6-5-7-16(21)26)17-10-24(2,3)11-18(30)20(17)19/h5-9,19H,4,10-11,28H2,1-3H3.